The van der Waals surface area contributed by atoms with Crippen LogP contribution in [0.1, 0.15) is 34.1 Å². The number of esters is 1. The Morgan fingerprint density at radius 2 is 1.67 bits per heavy atom. The predicted molar refractivity (Wildman–Crippen MR) is 128 cm³/mol. The number of carbonyl (C=O) groups is 4. The van der Waals surface area contributed by atoms with E-state index in [2.05, 4.69) is 31.4 Å². The van der Waals surface area contributed by atoms with E-state index >= 15 is 0 Å². The molecular formula is C22H21BrN4O5S. The van der Waals surface area contributed by atoms with Crippen LogP contribution in [0.15, 0.2) is 53.0 Å². The van der Waals surface area contributed by atoms with Crippen LogP contribution < -0.4 is 10.7 Å². The third kappa shape index (κ3) is 5.55. The Hall–Kier alpha value is -3.31. The van der Waals surface area contributed by atoms with Crippen LogP contribution in [0.5, 0.6) is 0 Å². The smallest absolute Gasteiger partial charge is 0.337 e. The first kappa shape index (κ1) is 24.3. The van der Waals surface area contributed by atoms with Crippen molar-refractivity contribution in [2.75, 3.05) is 19.0 Å². The average molecular weight is 533 g/mol. The molecule has 0 radical (unpaired) electrons. The third-order valence-electron chi connectivity index (χ3n) is 4.91. The molecule has 1 heterocycles. The number of ether oxygens (including phenoxy) is 1. The molecule has 1 aliphatic heterocycles. The number of hydrazine groups is 1. The van der Waals surface area contributed by atoms with Gasteiger partial charge in [-0.05, 0) is 67.7 Å². The van der Waals surface area contributed by atoms with Crippen molar-refractivity contribution in [3.8, 4) is 0 Å². The second-order valence-corrected chi connectivity index (χ2v) is 8.30. The fraction of sp³-hybridized carbons (Fsp3) is 0.227. The van der Waals surface area contributed by atoms with Crippen molar-refractivity contribution >= 4 is 62.6 Å². The van der Waals surface area contributed by atoms with Gasteiger partial charge in [0.1, 0.15) is 6.04 Å². The van der Waals surface area contributed by atoms with Crippen LogP contribution in [0.3, 0.4) is 0 Å². The van der Waals surface area contributed by atoms with E-state index in [9.17, 15) is 19.2 Å². The molecule has 0 aromatic heterocycles. The number of hydrogen-bond donors (Lipinski definition) is 2. The first-order chi connectivity index (χ1) is 15.7. The van der Waals surface area contributed by atoms with Crippen LogP contribution in [-0.4, -0.2) is 58.4 Å². The van der Waals surface area contributed by atoms with E-state index in [0.29, 0.717) is 23.4 Å². The second-order valence-electron chi connectivity index (χ2n) is 7.02. The number of anilines is 1. The molecule has 2 aromatic rings. The molecule has 3 rings (SSSR count). The first-order valence-electron chi connectivity index (χ1n) is 9.94. The lowest BCUT2D eigenvalue weighted by molar-refractivity contribution is -0.130. The van der Waals surface area contributed by atoms with E-state index in [1.165, 1.54) is 29.2 Å². The standard InChI is InChI=1S/C22H21BrN4O5S/c1-3-26-20(30)17(12-18(28)24-16-10-6-14(7-11-16)21(31)32-2)27(22(26)33)25-19(29)13-4-8-15(23)9-5-13/h4-11,17H,3,12H2,1-2H3,(H,24,28)(H,25,29). The molecule has 3 amide bonds. The number of rotatable bonds is 7. The van der Waals surface area contributed by atoms with Gasteiger partial charge in [-0.3, -0.25) is 24.7 Å². The summed E-state index contributed by atoms with van der Waals surface area (Å²) in [7, 11) is 1.28. The Kier molecular flexibility index (Phi) is 7.77. The minimum Gasteiger partial charge on any atom is -0.465 e. The summed E-state index contributed by atoms with van der Waals surface area (Å²) in [5, 5.41) is 4.06. The van der Waals surface area contributed by atoms with Crippen LogP contribution >= 0.6 is 28.1 Å². The molecule has 1 atom stereocenters. The molecular weight excluding hydrogens is 512 g/mol. The van der Waals surface area contributed by atoms with Gasteiger partial charge in [-0.2, -0.15) is 0 Å². The summed E-state index contributed by atoms with van der Waals surface area (Å²) in [6.45, 7) is 2.06. The molecule has 1 fully saturated rings. The zero-order valence-corrected chi connectivity index (χ0v) is 20.2. The number of carbonyl (C=O) groups excluding carboxylic acids is 4. The van der Waals surface area contributed by atoms with Crippen molar-refractivity contribution in [3.05, 3.63) is 64.1 Å². The van der Waals surface area contributed by atoms with Crippen LogP contribution in [-0.2, 0) is 14.3 Å². The lowest BCUT2D eigenvalue weighted by Crippen LogP contribution is -2.49. The maximum atomic E-state index is 12.9. The summed E-state index contributed by atoms with van der Waals surface area (Å²) in [4.78, 5) is 51.1. The highest BCUT2D eigenvalue weighted by Crippen LogP contribution is 2.21. The summed E-state index contributed by atoms with van der Waals surface area (Å²) in [6.07, 6.45) is -0.241. The number of amides is 3. The molecule has 1 unspecified atom stereocenters. The van der Waals surface area contributed by atoms with Gasteiger partial charge < -0.3 is 10.1 Å². The van der Waals surface area contributed by atoms with Crippen molar-refractivity contribution in [3.63, 3.8) is 0 Å². The zero-order chi connectivity index (χ0) is 24.1. The normalized spacial score (nSPS) is 15.4. The predicted octanol–water partition coefficient (Wildman–Crippen LogP) is 2.73. The number of methoxy groups -OCH3 is 1. The van der Waals surface area contributed by atoms with Crippen LogP contribution in [0.25, 0.3) is 0 Å². The first-order valence-corrected chi connectivity index (χ1v) is 11.1. The highest BCUT2D eigenvalue weighted by Gasteiger charge is 2.43. The topological polar surface area (TPSA) is 108 Å². The van der Waals surface area contributed by atoms with Gasteiger partial charge in [-0.15, -0.1) is 0 Å². The molecule has 11 heteroatoms. The van der Waals surface area contributed by atoms with Gasteiger partial charge in [0.05, 0.1) is 19.1 Å². The molecule has 0 saturated carbocycles. The molecule has 172 valence electrons. The number of nitrogens with zero attached hydrogens (tertiary/aromatic N) is 2. The average Bonchev–Trinajstić information content (AvgIpc) is 3.02. The SMILES string of the molecule is CCN1C(=O)C(CC(=O)Nc2ccc(C(=O)OC)cc2)N(NC(=O)c2ccc(Br)cc2)C1=S. The van der Waals surface area contributed by atoms with Gasteiger partial charge in [0.15, 0.2) is 5.11 Å². The summed E-state index contributed by atoms with van der Waals surface area (Å²) >= 11 is 8.68. The molecule has 2 N–H and O–H groups in total. The van der Waals surface area contributed by atoms with Crippen LogP contribution in [0.2, 0.25) is 0 Å². The zero-order valence-electron chi connectivity index (χ0n) is 17.8. The Bertz CT molecular complexity index is 1090. The van der Waals surface area contributed by atoms with E-state index in [0.717, 1.165) is 4.47 Å². The quantitative estimate of drug-likeness (QED) is 0.416. The van der Waals surface area contributed by atoms with E-state index < -0.39 is 23.8 Å². The molecule has 2 aromatic carbocycles. The number of nitrogens with one attached hydrogen (secondary N) is 2. The van der Waals surface area contributed by atoms with Gasteiger partial charge >= 0.3 is 5.97 Å². The van der Waals surface area contributed by atoms with Gasteiger partial charge in [-0.1, -0.05) is 15.9 Å². The summed E-state index contributed by atoms with van der Waals surface area (Å²) < 4.78 is 5.46. The Morgan fingerprint density at radius 1 is 1.06 bits per heavy atom. The number of hydrogen-bond acceptors (Lipinski definition) is 6. The number of benzene rings is 2. The second kappa shape index (κ2) is 10.5. The van der Waals surface area contributed by atoms with Crippen molar-refractivity contribution < 1.29 is 23.9 Å². The minimum absolute atomic E-state index is 0.119. The Balaban J connectivity index is 1.72. The fourth-order valence-electron chi connectivity index (χ4n) is 3.21. The molecule has 0 aliphatic carbocycles. The van der Waals surface area contributed by atoms with E-state index in [-0.39, 0.29) is 17.4 Å². The monoisotopic (exact) mass is 532 g/mol. The van der Waals surface area contributed by atoms with E-state index in [4.69, 9.17) is 12.2 Å². The lowest BCUT2D eigenvalue weighted by Gasteiger charge is -2.24. The molecule has 0 bridgehead atoms. The van der Waals surface area contributed by atoms with Gasteiger partial charge in [0.25, 0.3) is 11.8 Å². The number of thiocarbonyl (C=S) groups is 1. The lowest BCUT2D eigenvalue weighted by atomic mass is 10.1. The number of halogens is 1. The third-order valence-corrected chi connectivity index (χ3v) is 5.86. The van der Waals surface area contributed by atoms with Crippen LogP contribution in [0, 0.1) is 0 Å². The van der Waals surface area contributed by atoms with E-state index in [1.54, 1.807) is 43.3 Å². The van der Waals surface area contributed by atoms with E-state index in [1.807, 2.05) is 0 Å². The fourth-order valence-corrected chi connectivity index (χ4v) is 3.87. The molecule has 33 heavy (non-hydrogen) atoms. The highest BCUT2D eigenvalue weighted by atomic mass is 79.9. The van der Waals surface area contributed by atoms with Crippen molar-refractivity contribution in [1.82, 2.24) is 15.3 Å². The summed E-state index contributed by atoms with van der Waals surface area (Å²) in [5.74, 6) is -1.79. The van der Waals surface area contributed by atoms with Crippen molar-refractivity contribution in [1.29, 1.82) is 0 Å². The molecule has 0 spiro atoms. The maximum absolute atomic E-state index is 12.9. The minimum atomic E-state index is -0.994. The number of likely N-dealkylation sites (N-methyl/N-ethyl adjacent to an activating group) is 1. The van der Waals surface area contributed by atoms with Gasteiger partial charge in [0, 0.05) is 22.3 Å². The van der Waals surface area contributed by atoms with Gasteiger partial charge in [-0.25, -0.2) is 9.80 Å². The molecule has 9 nitrogen and oxygen atoms in total. The summed E-state index contributed by atoms with van der Waals surface area (Å²) in [5.41, 5.74) is 3.80. The molecule has 1 saturated heterocycles. The summed E-state index contributed by atoms with van der Waals surface area (Å²) in [6, 6.07) is 11.8. The van der Waals surface area contributed by atoms with Crippen molar-refractivity contribution in [2.24, 2.45) is 0 Å². The highest BCUT2D eigenvalue weighted by molar-refractivity contribution is 9.10. The largest absolute Gasteiger partial charge is 0.465 e. The van der Waals surface area contributed by atoms with Crippen LogP contribution in [0.4, 0.5) is 5.69 Å². The Morgan fingerprint density at radius 3 is 2.24 bits per heavy atom. The molecule has 1 aliphatic rings. The maximum Gasteiger partial charge on any atom is 0.337 e. The van der Waals surface area contributed by atoms with Crippen molar-refractivity contribution in [2.45, 2.75) is 19.4 Å². The Labute approximate surface area is 204 Å². The van der Waals surface area contributed by atoms with Gasteiger partial charge in [0.2, 0.25) is 5.91 Å².